The highest BCUT2D eigenvalue weighted by atomic mass is 16.5. The van der Waals surface area contributed by atoms with E-state index in [1.807, 2.05) is 6.92 Å². The highest BCUT2D eigenvalue weighted by molar-refractivity contribution is 5.92. The summed E-state index contributed by atoms with van der Waals surface area (Å²) in [5, 5.41) is 6.00. The summed E-state index contributed by atoms with van der Waals surface area (Å²) in [5.41, 5.74) is 3.47. The number of carbonyl (C=O) groups is 1. The average molecular weight is 328 g/mol. The summed E-state index contributed by atoms with van der Waals surface area (Å²) >= 11 is 0. The van der Waals surface area contributed by atoms with E-state index in [1.165, 1.54) is 5.56 Å². The van der Waals surface area contributed by atoms with E-state index < -0.39 is 0 Å². The third-order valence-corrected chi connectivity index (χ3v) is 3.47. The highest BCUT2D eigenvalue weighted by Gasteiger charge is 2.10. The fourth-order valence-corrected chi connectivity index (χ4v) is 2.16. The molecule has 2 N–H and O–H groups in total. The lowest BCUT2D eigenvalue weighted by molar-refractivity contribution is 0.0943. The van der Waals surface area contributed by atoms with Crippen LogP contribution in [0.3, 0.4) is 0 Å². The van der Waals surface area contributed by atoms with E-state index in [-0.39, 0.29) is 5.91 Å². The quantitative estimate of drug-likeness (QED) is 0.728. The molecule has 0 aliphatic rings. The summed E-state index contributed by atoms with van der Waals surface area (Å²) < 4.78 is 4.96. The van der Waals surface area contributed by atoms with Crippen LogP contribution in [0, 0.1) is 13.8 Å². The Balaban J connectivity index is 1.97. The lowest BCUT2D eigenvalue weighted by Crippen LogP contribution is -2.26. The van der Waals surface area contributed by atoms with Gasteiger partial charge in [-0.3, -0.25) is 4.79 Å². The average Bonchev–Trinajstić information content (AvgIpc) is 2.57. The molecule has 0 atom stereocenters. The van der Waals surface area contributed by atoms with Gasteiger partial charge in [-0.2, -0.15) is 0 Å². The standard InChI is InChI=1S/C18H24N4O2/c1-13-5-7-15(8-6-13)12-20-18-21-14(2)11-16(22-18)17(23)19-9-4-10-24-3/h5-8,11H,4,9-10,12H2,1-3H3,(H,19,23)(H,20,21,22). The van der Waals surface area contributed by atoms with Gasteiger partial charge in [0.2, 0.25) is 5.95 Å². The second kappa shape index (κ2) is 8.98. The van der Waals surface area contributed by atoms with E-state index in [0.717, 1.165) is 17.7 Å². The van der Waals surface area contributed by atoms with Crippen LogP contribution in [0.25, 0.3) is 0 Å². The van der Waals surface area contributed by atoms with Gasteiger partial charge in [0.1, 0.15) is 5.69 Å². The van der Waals surface area contributed by atoms with Crippen molar-refractivity contribution in [3.05, 3.63) is 52.8 Å². The van der Waals surface area contributed by atoms with Crippen molar-refractivity contribution >= 4 is 11.9 Å². The molecule has 128 valence electrons. The molecule has 6 nitrogen and oxygen atoms in total. The van der Waals surface area contributed by atoms with Crippen LogP contribution in [0.15, 0.2) is 30.3 Å². The molecular formula is C18H24N4O2. The second-order valence-corrected chi connectivity index (χ2v) is 5.66. The summed E-state index contributed by atoms with van der Waals surface area (Å²) in [6.45, 7) is 5.69. The molecule has 1 amide bonds. The van der Waals surface area contributed by atoms with E-state index in [4.69, 9.17) is 4.74 Å². The number of carbonyl (C=O) groups excluding carboxylic acids is 1. The Bertz CT molecular complexity index is 671. The number of benzene rings is 1. The predicted octanol–water partition coefficient (Wildman–Crippen LogP) is 2.47. The molecule has 24 heavy (non-hydrogen) atoms. The van der Waals surface area contributed by atoms with Gasteiger partial charge in [-0.25, -0.2) is 9.97 Å². The largest absolute Gasteiger partial charge is 0.385 e. The maximum absolute atomic E-state index is 12.2. The van der Waals surface area contributed by atoms with Gasteiger partial charge in [0, 0.05) is 32.5 Å². The summed E-state index contributed by atoms with van der Waals surface area (Å²) in [6.07, 6.45) is 0.769. The number of nitrogens with one attached hydrogen (secondary N) is 2. The van der Waals surface area contributed by atoms with Gasteiger partial charge in [-0.05, 0) is 31.9 Å². The number of anilines is 1. The minimum atomic E-state index is -0.199. The smallest absolute Gasteiger partial charge is 0.270 e. The SMILES string of the molecule is COCCCNC(=O)c1cc(C)nc(NCc2ccc(C)cc2)n1. The maximum atomic E-state index is 12.2. The van der Waals surface area contributed by atoms with Crippen molar-refractivity contribution in [2.45, 2.75) is 26.8 Å². The zero-order valence-electron chi connectivity index (χ0n) is 14.4. The molecule has 0 saturated heterocycles. The topological polar surface area (TPSA) is 76.1 Å². The first kappa shape index (κ1) is 17.9. The molecule has 1 aromatic heterocycles. The molecule has 2 aromatic rings. The number of hydrogen-bond acceptors (Lipinski definition) is 5. The monoisotopic (exact) mass is 328 g/mol. The van der Waals surface area contributed by atoms with Crippen LogP contribution in [-0.2, 0) is 11.3 Å². The van der Waals surface area contributed by atoms with Crippen molar-refractivity contribution < 1.29 is 9.53 Å². The Morgan fingerprint density at radius 2 is 1.92 bits per heavy atom. The minimum absolute atomic E-state index is 0.199. The number of rotatable bonds is 8. The molecule has 1 heterocycles. The van der Waals surface area contributed by atoms with Crippen LogP contribution >= 0.6 is 0 Å². The van der Waals surface area contributed by atoms with Gasteiger partial charge in [-0.1, -0.05) is 29.8 Å². The number of nitrogens with zero attached hydrogens (tertiary/aromatic N) is 2. The van der Waals surface area contributed by atoms with Crippen molar-refractivity contribution in [3.8, 4) is 0 Å². The van der Waals surface area contributed by atoms with E-state index in [1.54, 1.807) is 13.2 Å². The molecular weight excluding hydrogens is 304 g/mol. The fourth-order valence-electron chi connectivity index (χ4n) is 2.16. The van der Waals surface area contributed by atoms with Crippen molar-refractivity contribution in [1.29, 1.82) is 0 Å². The Kier molecular flexibility index (Phi) is 6.69. The first-order valence-electron chi connectivity index (χ1n) is 8.00. The molecule has 2 rings (SSSR count). The number of amides is 1. The first-order chi connectivity index (χ1) is 11.6. The number of aryl methyl sites for hydroxylation is 2. The molecule has 0 unspecified atom stereocenters. The van der Waals surface area contributed by atoms with Crippen LogP contribution < -0.4 is 10.6 Å². The molecule has 0 aliphatic heterocycles. The molecule has 0 aliphatic carbocycles. The van der Waals surface area contributed by atoms with Crippen LogP contribution in [0.2, 0.25) is 0 Å². The molecule has 1 aromatic carbocycles. The van der Waals surface area contributed by atoms with E-state index in [2.05, 4.69) is 51.8 Å². The minimum Gasteiger partial charge on any atom is -0.385 e. The normalized spacial score (nSPS) is 10.5. The van der Waals surface area contributed by atoms with Gasteiger partial charge in [0.25, 0.3) is 5.91 Å². The molecule has 6 heteroatoms. The lowest BCUT2D eigenvalue weighted by atomic mass is 10.1. The van der Waals surface area contributed by atoms with E-state index in [9.17, 15) is 4.79 Å². The van der Waals surface area contributed by atoms with Gasteiger partial charge >= 0.3 is 0 Å². The maximum Gasteiger partial charge on any atom is 0.270 e. The van der Waals surface area contributed by atoms with Gasteiger partial charge in [-0.15, -0.1) is 0 Å². The second-order valence-electron chi connectivity index (χ2n) is 5.66. The number of aromatic nitrogens is 2. The highest BCUT2D eigenvalue weighted by Crippen LogP contribution is 2.08. The summed E-state index contributed by atoms with van der Waals surface area (Å²) in [7, 11) is 1.64. The van der Waals surface area contributed by atoms with Gasteiger partial charge < -0.3 is 15.4 Å². The van der Waals surface area contributed by atoms with Crippen LogP contribution in [0.4, 0.5) is 5.95 Å². The van der Waals surface area contributed by atoms with Crippen molar-refractivity contribution in [2.75, 3.05) is 25.6 Å². The zero-order chi connectivity index (χ0) is 17.4. The zero-order valence-corrected chi connectivity index (χ0v) is 14.4. The summed E-state index contributed by atoms with van der Waals surface area (Å²) in [5.74, 6) is 0.257. The van der Waals surface area contributed by atoms with Gasteiger partial charge in [0.05, 0.1) is 0 Å². The molecule has 0 bridgehead atoms. The Morgan fingerprint density at radius 1 is 1.17 bits per heavy atom. The predicted molar refractivity (Wildman–Crippen MR) is 94.1 cm³/mol. The van der Waals surface area contributed by atoms with Crippen LogP contribution in [0.5, 0.6) is 0 Å². The van der Waals surface area contributed by atoms with Crippen molar-refractivity contribution in [2.24, 2.45) is 0 Å². The molecule has 0 spiro atoms. The Labute approximate surface area is 142 Å². The third kappa shape index (κ3) is 5.62. The third-order valence-electron chi connectivity index (χ3n) is 3.47. The summed E-state index contributed by atoms with van der Waals surface area (Å²) in [6, 6.07) is 9.92. The molecule has 0 fully saturated rings. The number of ether oxygens (including phenoxy) is 1. The van der Waals surface area contributed by atoms with Crippen LogP contribution in [-0.4, -0.2) is 36.1 Å². The lowest BCUT2D eigenvalue weighted by Gasteiger charge is -2.09. The summed E-state index contributed by atoms with van der Waals surface area (Å²) in [4.78, 5) is 20.8. The number of hydrogen-bond donors (Lipinski definition) is 2. The van der Waals surface area contributed by atoms with Gasteiger partial charge in [0.15, 0.2) is 0 Å². The van der Waals surface area contributed by atoms with Crippen LogP contribution in [0.1, 0.15) is 33.7 Å². The molecule has 0 saturated carbocycles. The number of methoxy groups -OCH3 is 1. The Morgan fingerprint density at radius 3 is 2.62 bits per heavy atom. The van der Waals surface area contributed by atoms with Crippen molar-refractivity contribution in [3.63, 3.8) is 0 Å². The van der Waals surface area contributed by atoms with E-state index in [0.29, 0.717) is 31.3 Å². The first-order valence-corrected chi connectivity index (χ1v) is 8.00. The molecule has 0 radical (unpaired) electrons. The van der Waals surface area contributed by atoms with E-state index >= 15 is 0 Å². The Hall–Kier alpha value is -2.47. The fraction of sp³-hybridized carbons (Fsp3) is 0.389. The van der Waals surface area contributed by atoms with Crippen molar-refractivity contribution in [1.82, 2.24) is 15.3 Å².